The number of carbonyl (C=O) groups is 1. The number of hydrogen-bond donors (Lipinski definition) is 2. The Labute approximate surface area is 199 Å². The van der Waals surface area contributed by atoms with Crippen molar-refractivity contribution in [3.8, 4) is 11.4 Å². The predicted molar refractivity (Wildman–Crippen MR) is 134 cm³/mol. The average Bonchev–Trinajstić information content (AvgIpc) is 3.47. The molecule has 3 aromatic carbocycles. The Morgan fingerprint density at radius 1 is 1.03 bits per heavy atom. The Morgan fingerprint density at radius 3 is 2.38 bits per heavy atom. The third-order valence-electron chi connectivity index (χ3n) is 6.58. The number of rotatable bonds is 6. The van der Waals surface area contributed by atoms with E-state index in [2.05, 4.69) is 64.1 Å². The minimum atomic E-state index is -0.237. The number of fused-ring (bicyclic) bond motifs is 1. The summed E-state index contributed by atoms with van der Waals surface area (Å²) in [5, 5.41) is 6.09. The number of hydrogen-bond acceptors (Lipinski definition) is 3. The lowest BCUT2D eigenvalue weighted by Crippen LogP contribution is -2.43. The molecule has 6 heteroatoms. The maximum atomic E-state index is 12.9. The number of nitrogens with one attached hydrogen (secondary N) is 2. The Hall–Kier alpha value is -4.06. The summed E-state index contributed by atoms with van der Waals surface area (Å²) in [6.45, 7) is 2.48. The highest BCUT2D eigenvalue weighted by atomic mass is 16.5. The summed E-state index contributed by atoms with van der Waals surface area (Å²) in [6, 6.07) is 24.4. The third-order valence-corrected chi connectivity index (χ3v) is 6.58. The molecular weight excluding hydrogens is 424 g/mol. The normalized spacial score (nSPS) is 13.8. The first kappa shape index (κ1) is 21.8. The van der Waals surface area contributed by atoms with E-state index in [1.54, 1.807) is 13.4 Å². The van der Waals surface area contributed by atoms with Crippen molar-refractivity contribution in [3.05, 3.63) is 108 Å². The van der Waals surface area contributed by atoms with Crippen LogP contribution in [0.2, 0.25) is 0 Å². The summed E-state index contributed by atoms with van der Waals surface area (Å²) in [6.07, 6.45) is 5.48. The van der Waals surface area contributed by atoms with Crippen LogP contribution >= 0.6 is 0 Å². The molecule has 1 aromatic heterocycles. The second-order valence-electron chi connectivity index (χ2n) is 8.89. The van der Waals surface area contributed by atoms with Gasteiger partial charge in [-0.2, -0.15) is 0 Å². The van der Waals surface area contributed by atoms with Crippen LogP contribution < -0.4 is 15.4 Å². The second kappa shape index (κ2) is 9.06. The third kappa shape index (κ3) is 4.27. The van der Waals surface area contributed by atoms with Crippen LogP contribution in [0.25, 0.3) is 5.69 Å². The van der Waals surface area contributed by atoms with Gasteiger partial charge in [0.2, 0.25) is 0 Å². The molecule has 0 bridgehead atoms. The quantitative estimate of drug-likeness (QED) is 0.430. The molecule has 1 heterocycles. The fourth-order valence-electron chi connectivity index (χ4n) is 4.86. The van der Waals surface area contributed by atoms with Gasteiger partial charge in [0, 0.05) is 29.9 Å². The molecule has 34 heavy (non-hydrogen) atoms. The molecule has 0 fully saturated rings. The van der Waals surface area contributed by atoms with E-state index in [0.717, 1.165) is 24.2 Å². The van der Waals surface area contributed by atoms with Gasteiger partial charge in [0.05, 0.1) is 24.8 Å². The summed E-state index contributed by atoms with van der Waals surface area (Å²) in [4.78, 5) is 17.2. The molecule has 0 saturated carbocycles. The zero-order valence-corrected chi connectivity index (χ0v) is 19.4. The minimum absolute atomic E-state index is 0.164. The number of urea groups is 1. The second-order valence-corrected chi connectivity index (χ2v) is 8.89. The number of imidazole rings is 1. The van der Waals surface area contributed by atoms with Crippen LogP contribution in [-0.4, -0.2) is 29.2 Å². The van der Waals surface area contributed by atoms with Gasteiger partial charge in [-0.3, -0.25) is 0 Å². The standard InChI is InChI=1S/C28H28N4O2/c1-20-17-32(19-30-20)25-13-12-24(14-26(25)34-2)31-27(33)29-18-28(23-10-4-3-5-11-23)15-21-8-6-7-9-22(21)16-28/h3-14,17,19H,15-16,18H2,1-2H3,(H2,29,31,33). The van der Waals surface area contributed by atoms with Crippen molar-refractivity contribution in [2.45, 2.75) is 25.2 Å². The van der Waals surface area contributed by atoms with Crippen LogP contribution in [0.15, 0.2) is 85.3 Å². The van der Waals surface area contributed by atoms with E-state index < -0.39 is 0 Å². The average molecular weight is 453 g/mol. The summed E-state index contributed by atoms with van der Waals surface area (Å²) in [5.41, 5.74) is 6.23. The molecule has 0 aliphatic heterocycles. The van der Waals surface area contributed by atoms with Crippen LogP contribution in [0.3, 0.4) is 0 Å². The Kier molecular flexibility index (Phi) is 5.80. The van der Waals surface area contributed by atoms with Gasteiger partial charge >= 0.3 is 6.03 Å². The number of carbonyl (C=O) groups excluding carboxylic acids is 1. The molecular formula is C28H28N4O2. The molecule has 2 amide bonds. The first-order chi connectivity index (χ1) is 16.6. The highest BCUT2D eigenvalue weighted by Gasteiger charge is 2.38. The Bertz CT molecular complexity index is 1290. The van der Waals surface area contributed by atoms with Crippen molar-refractivity contribution < 1.29 is 9.53 Å². The molecule has 0 saturated heterocycles. The molecule has 5 rings (SSSR count). The minimum Gasteiger partial charge on any atom is -0.494 e. The fourth-order valence-corrected chi connectivity index (χ4v) is 4.86. The monoisotopic (exact) mass is 452 g/mol. The zero-order valence-electron chi connectivity index (χ0n) is 19.4. The number of aromatic nitrogens is 2. The van der Waals surface area contributed by atoms with E-state index in [1.165, 1.54) is 16.7 Å². The van der Waals surface area contributed by atoms with Crippen LogP contribution in [0.1, 0.15) is 22.4 Å². The highest BCUT2D eigenvalue weighted by Crippen LogP contribution is 2.39. The van der Waals surface area contributed by atoms with Crippen LogP contribution in [-0.2, 0) is 18.3 Å². The molecule has 1 aliphatic carbocycles. The maximum absolute atomic E-state index is 12.9. The van der Waals surface area contributed by atoms with Gasteiger partial charge < -0.3 is 19.9 Å². The summed E-state index contributed by atoms with van der Waals surface area (Å²) >= 11 is 0. The van der Waals surface area contributed by atoms with Gasteiger partial charge in [-0.15, -0.1) is 0 Å². The molecule has 6 nitrogen and oxygen atoms in total. The number of amides is 2. The summed E-state index contributed by atoms with van der Waals surface area (Å²) < 4.78 is 7.46. The molecule has 0 atom stereocenters. The van der Waals surface area contributed by atoms with E-state index >= 15 is 0 Å². The Balaban J connectivity index is 1.31. The number of methoxy groups -OCH3 is 1. The molecule has 2 N–H and O–H groups in total. The summed E-state index contributed by atoms with van der Waals surface area (Å²) in [7, 11) is 1.62. The lowest BCUT2D eigenvalue weighted by Gasteiger charge is -2.30. The Morgan fingerprint density at radius 2 is 1.74 bits per heavy atom. The van der Waals surface area contributed by atoms with Crippen molar-refractivity contribution in [3.63, 3.8) is 0 Å². The molecule has 0 unspecified atom stereocenters. The van der Waals surface area contributed by atoms with E-state index in [4.69, 9.17) is 4.74 Å². The predicted octanol–water partition coefficient (Wildman–Crippen LogP) is 5.05. The highest BCUT2D eigenvalue weighted by molar-refractivity contribution is 5.89. The number of anilines is 1. The number of aryl methyl sites for hydroxylation is 1. The SMILES string of the molecule is COc1cc(NC(=O)NCC2(c3ccccc3)Cc3ccccc3C2)ccc1-n1cnc(C)c1. The fraction of sp³-hybridized carbons (Fsp3) is 0.214. The van der Waals surface area contributed by atoms with E-state index in [1.807, 2.05) is 42.0 Å². The summed E-state index contributed by atoms with van der Waals surface area (Å²) in [5.74, 6) is 0.655. The largest absolute Gasteiger partial charge is 0.494 e. The van der Waals surface area contributed by atoms with Gasteiger partial charge in [-0.25, -0.2) is 9.78 Å². The molecule has 4 aromatic rings. The molecule has 0 radical (unpaired) electrons. The van der Waals surface area contributed by atoms with Crippen molar-refractivity contribution in [1.29, 1.82) is 0 Å². The van der Waals surface area contributed by atoms with Crippen molar-refractivity contribution in [2.75, 3.05) is 19.0 Å². The van der Waals surface area contributed by atoms with Crippen molar-refractivity contribution >= 4 is 11.7 Å². The van der Waals surface area contributed by atoms with Crippen molar-refractivity contribution in [1.82, 2.24) is 14.9 Å². The topological polar surface area (TPSA) is 68.2 Å². The first-order valence-electron chi connectivity index (χ1n) is 11.4. The molecule has 0 spiro atoms. The van der Waals surface area contributed by atoms with E-state index in [0.29, 0.717) is 18.0 Å². The lowest BCUT2D eigenvalue weighted by molar-refractivity contribution is 0.248. The van der Waals surface area contributed by atoms with Gasteiger partial charge in [0.1, 0.15) is 5.75 Å². The number of ether oxygens (including phenoxy) is 1. The van der Waals surface area contributed by atoms with E-state index in [-0.39, 0.29) is 11.4 Å². The van der Waals surface area contributed by atoms with Crippen LogP contribution in [0.4, 0.5) is 10.5 Å². The van der Waals surface area contributed by atoms with Gasteiger partial charge in [-0.05, 0) is 48.6 Å². The first-order valence-corrected chi connectivity index (χ1v) is 11.4. The van der Waals surface area contributed by atoms with Crippen molar-refractivity contribution in [2.24, 2.45) is 0 Å². The van der Waals surface area contributed by atoms with E-state index in [9.17, 15) is 4.79 Å². The van der Waals surface area contributed by atoms with Crippen LogP contribution in [0.5, 0.6) is 5.75 Å². The molecule has 172 valence electrons. The lowest BCUT2D eigenvalue weighted by atomic mass is 9.77. The number of nitrogens with zero attached hydrogens (tertiary/aromatic N) is 2. The zero-order chi connectivity index (χ0) is 23.5. The van der Waals surface area contributed by atoms with Gasteiger partial charge in [-0.1, -0.05) is 54.6 Å². The number of benzene rings is 3. The maximum Gasteiger partial charge on any atom is 0.319 e. The van der Waals surface area contributed by atoms with Crippen LogP contribution in [0, 0.1) is 6.92 Å². The van der Waals surface area contributed by atoms with Gasteiger partial charge in [0.25, 0.3) is 0 Å². The van der Waals surface area contributed by atoms with Gasteiger partial charge in [0.15, 0.2) is 0 Å². The molecule has 1 aliphatic rings. The smallest absolute Gasteiger partial charge is 0.319 e.